The summed E-state index contributed by atoms with van der Waals surface area (Å²) in [5, 5.41) is 6.80. The molecule has 0 fully saturated rings. The minimum Gasteiger partial charge on any atom is -0.455 e. The molecule has 0 saturated carbocycles. The van der Waals surface area contributed by atoms with Gasteiger partial charge in [-0.15, -0.1) is 0 Å². The highest BCUT2D eigenvalue weighted by molar-refractivity contribution is 6.23. The third kappa shape index (κ3) is 6.42. The molecular weight excluding hydrogens is 859 g/mol. The minimum absolute atomic E-state index is 0.599. The van der Waals surface area contributed by atoms with Gasteiger partial charge in [0.15, 0.2) is 0 Å². The molecule has 0 N–H and O–H groups in total. The van der Waals surface area contributed by atoms with E-state index < -0.39 is 5.41 Å². The Morgan fingerprint density at radius 1 is 0.324 bits per heavy atom. The Morgan fingerprint density at radius 2 is 0.915 bits per heavy atom. The lowest BCUT2D eigenvalue weighted by molar-refractivity contribution is 0.672. The van der Waals surface area contributed by atoms with E-state index in [1.807, 2.05) is 0 Å². The van der Waals surface area contributed by atoms with Crippen LogP contribution in [-0.4, -0.2) is 0 Å². The van der Waals surface area contributed by atoms with E-state index >= 15 is 0 Å². The quantitative estimate of drug-likeness (QED) is 0.151. The molecule has 71 heavy (non-hydrogen) atoms. The van der Waals surface area contributed by atoms with Gasteiger partial charge in [0.1, 0.15) is 11.2 Å². The Labute approximate surface area is 413 Å². The molecule has 0 amide bonds. The minimum atomic E-state index is -0.599. The van der Waals surface area contributed by atoms with Crippen molar-refractivity contribution >= 4 is 60.5 Å². The van der Waals surface area contributed by atoms with Crippen molar-refractivity contribution in [2.75, 3.05) is 4.90 Å². The first kappa shape index (κ1) is 40.8. The summed E-state index contributed by atoms with van der Waals surface area (Å²) in [6, 6.07) is 99.9. The van der Waals surface area contributed by atoms with Gasteiger partial charge in [-0.1, -0.05) is 212 Å². The zero-order valence-electron chi connectivity index (χ0n) is 38.8. The fourth-order valence-electron chi connectivity index (χ4n) is 11.8. The molecule has 0 atom stereocenters. The van der Waals surface area contributed by atoms with E-state index in [9.17, 15) is 0 Å². The van der Waals surface area contributed by atoms with E-state index in [1.165, 1.54) is 66.4 Å². The number of benzene rings is 12. The lowest BCUT2D eigenvalue weighted by atomic mass is 9.67. The molecule has 13 aromatic rings. The average molecular weight is 904 g/mol. The summed E-state index contributed by atoms with van der Waals surface area (Å²) in [5.74, 6) is 0. The maximum Gasteiger partial charge on any atom is 0.143 e. The van der Waals surface area contributed by atoms with Crippen LogP contribution in [0.4, 0.5) is 17.1 Å². The molecule has 2 nitrogen and oxygen atoms in total. The lowest BCUT2D eigenvalue weighted by Gasteiger charge is -2.34. The van der Waals surface area contributed by atoms with Gasteiger partial charge in [0.25, 0.3) is 0 Å². The molecule has 1 aliphatic carbocycles. The molecule has 0 spiro atoms. The summed E-state index contributed by atoms with van der Waals surface area (Å²) in [4.78, 5) is 2.37. The SMILES string of the molecule is c1ccc(-c2ccc(N(c3ccccc3)c3cccc4oc5c6ccccc6c(-c6cc(-c7ccc8ccccc8c7)c7c(c6)C(c6ccccc6)(c6ccccc6)c6ccccc6-7)cc5c34)cc2)cc1. The molecule has 332 valence electrons. The Balaban J connectivity index is 1.07. The van der Waals surface area contributed by atoms with Gasteiger partial charge in [-0.3, -0.25) is 0 Å². The van der Waals surface area contributed by atoms with E-state index in [0.717, 1.165) is 60.9 Å². The highest BCUT2D eigenvalue weighted by Gasteiger charge is 2.47. The predicted octanol–water partition coefficient (Wildman–Crippen LogP) is 18.7. The summed E-state index contributed by atoms with van der Waals surface area (Å²) in [6.45, 7) is 0. The zero-order chi connectivity index (χ0) is 46.9. The molecule has 12 aromatic carbocycles. The molecule has 14 rings (SSSR count). The molecule has 1 heterocycles. The van der Waals surface area contributed by atoms with Crippen LogP contribution in [0, 0.1) is 0 Å². The third-order valence-corrected chi connectivity index (χ3v) is 14.9. The maximum absolute atomic E-state index is 7.07. The van der Waals surface area contributed by atoms with Gasteiger partial charge in [0, 0.05) is 22.1 Å². The van der Waals surface area contributed by atoms with E-state index in [-0.39, 0.29) is 0 Å². The van der Waals surface area contributed by atoms with Crippen LogP contribution in [0.1, 0.15) is 22.3 Å². The first-order chi connectivity index (χ1) is 35.2. The Kier molecular flexibility index (Phi) is 9.47. The molecule has 0 unspecified atom stereocenters. The largest absolute Gasteiger partial charge is 0.455 e. The van der Waals surface area contributed by atoms with Crippen LogP contribution in [0.2, 0.25) is 0 Å². The number of fused-ring (bicyclic) bond motifs is 9. The van der Waals surface area contributed by atoms with Crippen LogP contribution < -0.4 is 4.90 Å². The summed E-state index contributed by atoms with van der Waals surface area (Å²) >= 11 is 0. The molecule has 0 aliphatic heterocycles. The van der Waals surface area contributed by atoms with Crippen molar-refractivity contribution < 1.29 is 4.42 Å². The van der Waals surface area contributed by atoms with Crippen LogP contribution in [0.15, 0.2) is 277 Å². The molecule has 0 saturated heterocycles. The standard InChI is InChI=1S/C69H45NO/c1-5-20-46(21-6-1)48-38-40-55(41-39-48)70(54-28-11-4-12-29-54)64-34-19-35-65-67(64)61-45-59(56-30-15-16-31-57(56)68(61)71-65)51-43-60(50-37-36-47-22-13-14-23-49(47)42-50)66-58-32-17-18-33-62(58)69(63(66)44-51,52-24-7-2-8-25-52)53-26-9-3-10-27-53/h1-45H. The number of rotatable bonds is 8. The number of hydrogen-bond donors (Lipinski definition) is 0. The van der Waals surface area contributed by atoms with Crippen molar-refractivity contribution in [1.82, 2.24) is 0 Å². The first-order valence-corrected chi connectivity index (χ1v) is 24.5. The van der Waals surface area contributed by atoms with Gasteiger partial charge >= 0.3 is 0 Å². The second kappa shape index (κ2) is 16.5. The third-order valence-electron chi connectivity index (χ3n) is 14.9. The Bertz CT molecular complexity index is 4100. The van der Waals surface area contributed by atoms with Crippen LogP contribution in [0.5, 0.6) is 0 Å². The van der Waals surface area contributed by atoms with E-state index in [2.05, 4.69) is 278 Å². The van der Waals surface area contributed by atoms with Crippen molar-refractivity contribution in [1.29, 1.82) is 0 Å². The average Bonchev–Trinajstić information content (AvgIpc) is 3.99. The molecule has 0 bridgehead atoms. The highest BCUT2D eigenvalue weighted by atomic mass is 16.3. The summed E-state index contributed by atoms with van der Waals surface area (Å²) in [5.41, 5.74) is 18.9. The van der Waals surface area contributed by atoms with Crippen molar-refractivity contribution in [3.63, 3.8) is 0 Å². The fourth-order valence-corrected chi connectivity index (χ4v) is 11.8. The van der Waals surface area contributed by atoms with Crippen LogP contribution >= 0.6 is 0 Å². The van der Waals surface area contributed by atoms with E-state index in [0.29, 0.717) is 0 Å². The number of para-hydroxylation sites is 1. The molecule has 0 radical (unpaired) electrons. The number of hydrogen-bond acceptors (Lipinski definition) is 2. The fraction of sp³-hybridized carbons (Fsp3) is 0.0145. The smallest absolute Gasteiger partial charge is 0.143 e. The van der Waals surface area contributed by atoms with Crippen LogP contribution in [0.25, 0.3) is 88.0 Å². The summed E-state index contributed by atoms with van der Waals surface area (Å²) < 4.78 is 7.07. The normalized spacial score (nSPS) is 12.6. The van der Waals surface area contributed by atoms with E-state index in [1.54, 1.807) is 0 Å². The topological polar surface area (TPSA) is 16.4 Å². The van der Waals surface area contributed by atoms with Gasteiger partial charge in [-0.2, -0.15) is 0 Å². The van der Waals surface area contributed by atoms with Crippen molar-refractivity contribution in [2.24, 2.45) is 0 Å². The van der Waals surface area contributed by atoms with Crippen LogP contribution in [0.3, 0.4) is 0 Å². The Morgan fingerprint density at radius 3 is 1.66 bits per heavy atom. The summed E-state index contributed by atoms with van der Waals surface area (Å²) in [6.07, 6.45) is 0. The predicted molar refractivity (Wildman–Crippen MR) is 297 cm³/mol. The van der Waals surface area contributed by atoms with Crippen molar-refractivity contribution in [3.05, 3.63) is 295 Å². The number of nitrogens with zero attached hydrogens (tertiary/aromatic N) is 1. The second-order valence-electron chi connectivity index (χ2n) is 18.7. The van der Waals surface area contributed by atoms with Gasteiger partial charge in [-0.25, -0.2) is 0 Å². The maximum atomic E-state index is 7.07. The van der Waals surface area contributed by atoms with E-state index in [4.69, 9.17) is 4.42 Å². The summed E-state index contributed by atoms with van der Waals surface area (Å²) in [7, 11) is 0. The highest BCUT2D eigenvalue weighted by Crippen LogP contribution is 2.60. The molecule has 1 aliphatic rings. The van der Waals surface area contributed by atoms with Gasteiger partial charge in [0.05, 0.1) is 16.5 Å². The first-order valence-electron chi connectivity index (χ1n) is 24.5. The van der Waals surface area contributed by atoms with Gasteiger partial charge in [0.2, 0.25) is 0 Å². The van der Waals surface area contributed by atoms with Gasteiger partial charge in [-0.05, 0) is 144 Å². The molecule has 2 heteroatoms. The number of anilines is 3. The zero-order valence-corrected chi connectivity index (χ0v) is 38.8. The molecule has 1 aromatic heterocycles. The van der Waals surface area contributed by atoms with Crippen molar-refractivity contribution in [2.45, 2.75) is 5.41 Å². The van der Waals surface area contributed by atoms with Crippen molar-refractivity contribution in [3.8, 4) is 44.5 Å². The second-order valence-corrected chi connectivity index (χ2v) is 18.7. The van der Waals surface area contributed by atoms with Crippen LogP contribution in [-0.2, 0) is 5.41 Å². The van der Waals surface area contributed by atoms with Gasteiger partial charge < -0.3 is 9.32 Å². The Hall–Kier alpha value is -9.24. The number of furan rings is 1. The lowest BCUT2D eigenvalue weighted by Crippen LogP contribution is -2.28. The monoisotopic (exact) mass is 903 g/mol. The molecular formula is C69H45NO.